The number of methoxy groups -OCH3 is 1. The molecule has 16 nitrogen and oxygen atoms in total. The van der Waals surface area contributed by atoms with Gasteiger partial charge < -0.3 is 43.6 Å². The van der Waals surface area contributed by atoms with Crippen LogP contribution in [0.25, 0.3) is 5.57 Å². The fourth-order valence-corrected chi connectivity index (χ4v) is 5.15. The Morgan fingerprint density at radius 3 is 2.24 bits per heavy atom. The van der Waals surface area contributed by atoms with Gasteiger partial charge in [-0.2, -0.15) is 0 Å². The van der Waals surface area contributed by atoms with Gasteiger partial charge in [-0.15, -0.1) is 0 Å². The highest BCUT2D eigenvalue weighted by Crippen LogP contribution is 2.41. The largest absolute Gasteiger partial charge is 0.508 e. The molecule has 0 bridgehead atoms. The number of hydrogen-bond acceptors (Lipinski definition) is 15. The Kier molecular flexibility index (Phi) is 11.7. The summed E-state index contributed by atoms with van der Waals surface area (Å²) in [6.07, 6.45) is -6.78. The van der Waals surface area contributed by atoms with Crippen LogP contribution in [0.5, 0.6) is 11.5 Å². The minimum absolute atomic E-state index is 0.106. The van der Waals surface area contributed by atoms with E-state index in [-0.39, 0.29) is 11.5 Å². The molecule has 0 aromatic heterocycles. The summed E-state index contributed by atoms with van der Waals surface area (Å²) in [5, 5.41) is 12.6. The first-order chi connectivity index (χ1) is 21.5. The van der Waals surface area contributed by atoms with Crippen molar-refractivity contribution in [3.05, 3.63) is 29.8 Å². The SMILES string of the molecule is COC(=O)[C@@]1(O[C@H]2C=C(C)c3ccc(O)cc3O2)C[C@H](OC(C)=O)[C@H](NC(C)=O)[C@H]([C@H](OC(C)=O)[C@@H](COC(C)=O)OC(C)=O)O1. The van der Waals surface area contributed by atoms with E-state index >= 15 is 0 Å². The number of rotatable bonds is 11. The number of carbonyl (C=O) groups is 6. The van der Waals surface area contributed by atoms with Crippen LogP contribution in [0.3, 0.4) is 0 Å². The van der Waals surface area contributed by atoms with Gasteiger partial charge in [-0.25, -0.2) is 4.79 Å². The number of aromatic hydroxyl groups is 1. The number of hydrogen-bond donors (Lipinski definition) is 2. The molecule has 0 radical (unpaired) electrons. The summed E-state index contributed by atoms with van der Waals surface area (Å²) < 4.78 is 44.8. The molecule has 0 aliphatic carbocycles. The van der Waals surface area contributed by atoms with Gasteiger partial charge in [-0.05, 0) is 30.7 Å². The average Bonchev–Trinajstić information content (AvgIpc) is 2.93. The molecule has 46 heavy (non-hydrogen) atoms. The molecule has 1 aromatic rings. The Balaban J connectivity index is 2.20. The van der Waals surface area contributed by atoms with Crippen LogP contribution in [0.1, 0.15) is 53.5 Å². The zero-order valence-corrected chi connectivity index (χ0v) is 26.4. The van der Waals surface area contributed by atoms with Gasteiger partial charge in [-0.3, -0.25) is 28.7 Å². The van der Waals surface area contributed by atoms with Crippen LogP contribution in [-0.4, -0.2) is 97.1 Å². The Hall–Kier alpha value is -4.70. The molecule has 7 atom stereocenters. The molecular weight excluding hydrogens is 614 g/mol. The lowest BCUT2D eigenvalue weighted by Crippen LogP contribution is -2.69. The van der Waals surface area contributed by atoms with E-state index in [4.69, 9.17) is 37.9 Å². The topological polar surface area (TPSA) is 209 Å². The van der Waals surface area contributed by atoms with Gasteiger partial charge in [-0.1, -0.05) is 0 Å². The van der Waals surface area contributed by atoms with Gasteiger partial charge in [0.15, 0.2) is 12.2 Å². The van der Waals surface area contributed by atoms with Crippen molar-refractivity contribution in [3.8, 4) is 11.5 Å². The maximum Gasteiger partial charge on any atom is 0.366 e. The minimum Gasteiger partial charge on any atom is -0.508 e. The Morgan fingerprint density at radius 1 is 1.00 bits per heavy atom. The molecule has 1 amide bonds. The van der Waals surface area contributed by atoms with Crippen LogP contribution in [0.2, 0.25) is 0 Å². The van der Waals surface area contributed by atoms with Crippen LogP contribution in [-0.2, 0) is 61.9 Å². The number of fused-ring (bicyclic) bond motifs is 1. The Labute approximate surface area is 264 Å². The standard InChI is InChI=1S/C30H37NO15/c1-14-10-25(44-22-11-20(37)8-9-21(14)22)45-30(29(38)39-7)12-23(41-17(4)34)26(31-15(2)32)28(46-30)27(43-19(6)36)24(42-18(5)35)13-40-16(3)33/h8-11,23-28,37H,12-13H2,1-7H3,(H,31,32)/t23-,24+,25-,26-,27+,28+,30+/m0/s1. The molecule has 1 saturated heterocycles. The van der Waals surface area contributed by atoms with E-state index in [0.29, 0.717) is 11.1 Å². The van der Waals surface area contributed by atoms with E-state index in [1.807, 2.05) is 0 Å². The highest BCUT2D eigenvalue weighted by atomic mass is 16.8. The van der Waals surface area contributed by atoms with Gasteiger partial charge in [0, 0.05) is 46.2 Å². The predicted octanol–water partition coefficient (Wildman–Crippen LogP) is 1.05. The molecule has 0 unspecified atom stereocenters. The smallest absolute Gasteiger partial charge is 0.366 e. The predicted molar refractivity (Wildman–Crippen MR) is 152 cm³/mol. The number of benzene rings is 1. The van der Waals surface area contributed by atoms with Crippen molar-refractivity contribution in [1.82, 2.24) is 5.32 Å². The highest BCUT2D eigenvalue weighted by Gasteiger charge is 2.60. The summed E-state index contributed by atoms with van der Waals surface area (Å²) >= 11 is 0. The van der Waals surface area contributed by atoms with Gasteiger partial charge in [0.25, 0.3) is 5.79 Å². The fraction of sp³-hybridized carbons (Fsp3) is 0.533. The summed E-state index contributed by atoms with van der Waals surface area (Å²) in [6.45, 7) is 6.50. The first kappa shape index (κ1) is 35.8. The van der Waals surface area contributed by atoms with Gasteiger partial charge >= 0.3 is 29.8 Å². The van der Waals surface area contributed by atoms with Crippen LogP contribution < -0.4 is 10.1 Å². The van der Waals surface area contributed by atoms with Crippen molar-refractivity contribution in [2.24, 2.45) is 0 Å². The number of allylic oxidation sites excluding steroid dienone is 1. The Morgan fingerprint density at radius 2 is 1.67 bits per heavy atom. The third-order valence-electron chi connectivity index (χ3n) is 6.82. The average molecular weight is 652 g/mol. The third kappa shape index (κ3) is 8.94. The third-order valence-corrected chi connectivity index (χ3v) is 6.82. The number of phenols is 1. The monoisotopic (exact) mass is 651 g/mol. The van der Waals surface area contributed by atoms with Crippen molar-refractivity contribution >= 4 is 41.3 Å². The molecule has 1 aromatic carbocycles. The molecule has 2 aliphatic heterocycles. The summed E-state index contributed by atoms with van der Waals surface area (Å²) in [4.78, 5) is 74.5. The number of nitrogens with one attached hydrogen (secondary N) is 1. The van der Waals surface area contributed by atoms with E-state index < -0.39 is 91.3 Å². The molecule has 2 heterocycles. The van der Waals surface area contributed by atoms with Crippen molar-refractivity contribution in [2.75, 3.05) is 13.7 Å². The van der Waals surface area contributed by atoms with E-state index in [2.05, 4.69) is 5.32 Å². The molecule has 1 fully saturated rings. The first-order valence-corrected chi connectivity index (χ1v) is 14.1. The summed E-state index contributed by atoms with van der Waals surface area (Å²) in [7, 11) is 1.04. The zero-order chi connectivity index (χ0) is 34.3. The summed E-state index contributed by atoms with van der Waals surface area (Å²) in [5.74, 6) is -7.54. The second-order valence-electron chi connectivity index (χ2n) is 10.6. The molecule has 2 N–H and O–H groups in total. The second-order valence-corrected chi connectivity index (χ2v) is 10.6. The van der Waals surface area contributed by atoms with Crippen molar-refractivity contribution < 1.29 is 71.8 Å². The van der Waals surface area contributed by atoms with E-state index in [1.54, 1.807) is 13.0 Å². The van der Waals surface area contributed by atoms with Crippen molar-refractivity contribution in [1.29, 1.82) is 0 Å². The molecule has 2 aliphatic rings. The van der Waals surface area contributed by atoms with Gasteiger partial charge in [0.05, 0.1) is 19.6 Å². The minimum atomic E-state index is -2.48. The molecule has 252 valence electrons. The van der Waals surface area contributed by atoms with Crippen molar-refractivity contribution in [2.45, 2.75) is 90.5 Å². The highest BCUT2D eigenvalue weighted by molar-refractivity contribution is 5.79. The lowest BCUT2D eigenvalue weighted by Gasteiger charge is -2.49. The number of amides is 1. The fourth-order valence-electron chi connectivity index (χ4n) is 5.15. The number of phenolic OH excluding ortho intramolecular Hbond substituents is 1. The zero-order valence-electron chi connectivity index (χ0n) is 26.4. The van der Waals surface area contributed by atoms with Crippen LogP contribution in [0, 0.1) is 0 Å². The molecule has 16 heteroatoms. The lowest BCUT2D eigenvalue weighted by molar-refractivity contribution is -0.336. The molecule has 0 spiro atoms. The first-order valence-electron chi connectivity index (χ1n) is 14.1. The van der Waals surface area contributed by atoms with E-state index in [0.717, 1.165) is 41.7 Å². The quantitative estimate of drug-likeness (QED) is 0.253. The normalized spacial score (nSPS) is 24.8. The van der Waals surface area contributed by atoms with Crippen LogP contribution >= 0.6 is 0 Å². The lowest BCUT2D eigenvalue weighted by atomic mass is 9.88. The van der Waals surface area contributed by atoms with Crippen LogP contribution in [0.15, 0.2) is 24.3 Å². The maximum absolute atomic E-state index is 13.6. The number of carbonyl (C=O) groups excluding carboxylic acids is 6. The molecular formula is C30H37NO15. The molecule has 3 rings (SSSR count). The van der Waals surface area contributed by atoms with Gasteiger partial charge in [0.1, 0.15) is 30.3 Å². The Bertz CT molecular complexity index is 1390. The van der Waals surface area contributed by atoms with Crippen molar-refractivity contribution in [3.63, 3.8) is 0 Å². The summed E-state index contributed by atoms with van der Waals surface area (Å²) in [6, 6.07) is 3.06. The number of ether oxygens (including phenoxy) is 8. The summed E-state index contributed by atoms with van der Waals surface area (Å²) in [5.41, 5.74) is 1.26. The van der Waals surface area contributed by atoms with E-state index in [9.17, 15) is 33.9 Å². The van der Waals surface area contributed by atoms with E-state index in [1.165, 1.54) is 18.2 Å². The van der Waals surface area contributed by atoms with Crippen LogP contribution in [0.4, 0.5) is 0 Å². The maximum atomic E-state index is 13.6. The van der Waals surface area contributed by atoms with Gasteiger partial charge in [0.2, 0.25) is 12.2 Å². The molecule has 0 saturated carbocycles. The second kappa shape index (κ2) is 15.1. The number of esters is 5.